The summed E-state index contributed by atoms with van der Waals surface area (Å²) >= 11 is 0. The maximum atomic E-state index is 13.3. The highest BCUT2D eigenvalue weighted by Gasteiger charge is 2.33. The number of hydrogen-bond acceptors (Lipinski definition) is 6. The van der Waals surface area contributed by atoms with Crippen molar-refractivity contribution in [2.75, 3.05) is 31.6 Å². The molecule has 176 valence electrons. The van der Waals surface area contributed by atoms with Gasteiger partial charge in [-0.2, -0.15) is 4.31 Å². The summed E-state index contributed by atoms with van der Waals surface area (Å²) in [5.41, 5.74) is 2.32. The van der Waals surface area contributed by atoms with Crippen LogP contribution >= 0.6 is 0 Å². The maximum absolute atomic E-state index is 13.3. The van der Waals surface area contributed by atoms with Crippen molar-refractivity contribution in [1.29, 1.82) is 0 Å². The normalized spacial score (nSPS) is 21.4. The minimum absolute atomic E-state index is 0.146. The Balaban J connectivity index is 1.59. The molecule has 1 fully saturated rings. The number of methoxy groups -OCH3 is 1. The summed E-state index contributed by atoms with van der Waals surface area (Å²) in [5, 5.41) is 0. The number of morpholine rings is 1. The number of ether oxygens (including phenoxy) is 2. The molecule has 2 aliphatic heterocycles. The Hall–Kier alpha value is -2.75. The first-order valence-electron chi connectivity index (χ1n) is 11.0. The molecule has 2 heterocycles. The van der Waals surface area contributed by atoms with E-state index in [1.54, 1.807) is 29.2 Å². The third-order valence-electron chi connectivity index (χ3n) is 6.03. The quantitative estimate of drug-likeness (QED) is 0.636. The van der Waals surface area contributed by atoms with Crippen molar-refractivity contribution in [3.63, 3.8) is 0 Å². The van der Waals surface area contributed by atoms with Gasteiger partial charge in [0.05, 0.1) is 29.8 Å². The minimum Gasteiger partial charge on any atom is -0.465 e. The number of carbonyl (C=O) groups is 2. The van der Waals surface area contributed by atoms with Crippen LogP contribution in [0.2, 0.25) is 0 Å². The fraction of sp³-hybridized carbons (Fsp3) is 0.417. The van der Waals surface area contributed by atoms with E-state index in [2.05, 4.69) is 0 Å². The number of anilines is 1. The third kappa shape index (κ3) is 4.53. The van der Waals surface area contributed by atoms with Gasteiger partial charge in [0, 0.05) is 30.9 Å². The van der Waals surface area contributed by atoms with Gasteiger partial charge in [-0.15, -0.1) is 0 Å². The Bertz CT molecular complexity index is 1150. The summed E-state index contributed by atoms with van der Waals surface area (Å²) in [5.74, 6) is -0.669. The van der Waals surface area contributed by atoms with Gasteiger partial charge in [-0.1, -0.05) is 6.07 Å². The number of carbonyl (C=O) groups excluding carboxylic acids is 2. The predicted molar refractivity (Wildman–Crippen MR) is 123 cm³/mol. The Kier molecular flexibility index (Phi) is 6.56. The third-order valence-corrected chi connectivity index (χ3v) is 7.87. The molecule has 2 atom stereocenters. The molecule has 4 rings (SSSR count). The molecule has 0 spiro atoms. The van der Waals surface area contributed by atoms with E-state index in [1.807, 2.05) is 19.9 Å². The molecule has 0 radical (unpaired) electrons. The predicted octanol–water partition coefficient (Wildman–Crippen LogP) is 2.86. The van der Waals surface area contributed by atoms with Crippen LogP contribution in [-0.2, 0) is 25.9 Å². The van der Waals surface area contributed by atoms with E-state index < -0.39 is 16.0 Å². The van der Waals surface area contributed by atoms with Gasteiger partial charge < -0.3 is 14.4 Å². The Labute approximate surface area is 194 Å². The van der Waals surface area contributed by atoms with Crippen LogP contribution in [0.25, 0.3) is 0 Å². The van der Waals surface area contributed by atoms with E-state index in [1.165, 1.54) is 23.5 Å². The van der Waals surface area contributed by atoms with Crippen LogP contribution in [0, 0.1) is 0 Å². The van der Waals surface area contributed by atoms with Crippen LogP contribution in [0.15, 0.2) is 47.4 Å². The molecule has 9 heteroatoms. The van der Waals surface area contributed by atoms with Crippen molar-refractivity contribution < 1.29 is 27.5 Å². The summed E-state index contributed by atoms with van der Waals surface area (Å²) in [6.07, 6.45) is 1.03. The SMILES string of the molecule is COC(=O)c1cccc2c1CCCN2C(=O)c1ccc(S(=O)(=O)N2C[C@H](C)O[C@@H](C)C2)cc1. The lowest BCUT2D eigenvalue weighted by molar-refractivity contribution is -0.0440. The number of fused-ring (bicyclic) bond motifs is 1. The summed E-state index contributed by atoms with van der Waals surface area (Å²) in [6.45, 7) is 4.80. The second-order valence-electron chi connectivity index (χ2n) is 8.46. The highest BCUT2D eigenvalue weighted by Crippen LogP contribution is 2.32. The molecule has 0 aromatic heterocycles. The zero-order valence-electron chi connectivity index (χ0n) is 19.0. The van der Waals surface area contributed by atoms with E-state index in [0.717, 1.165) is 5.56 Å². The first-order chi connectivity index (χ1) is 15.7. The molecule has 1 amide bonds. The molecule has 2 aromatic carbocycles. The highest BCUT2D eigenvalue weighted by atomic mass is 32.2. The second kappa shape index (κ2) is 9.24. The molecular formula is C24H28N2O6S. The average molecular weight is 473 g/mol. The van der Waals surface area contributed by atoms with Gasteiger partial charge in [-0.3, -0.25) is 4.79 Å². The molecule has 0 saturated carbocycles. The molecule has 2 aromatic rings. The molecule has 1 saturated heterocycles. The number of rotatable bonds is 4. The lowest BCUT2D eigenvalue weighted by Crippen LogP contribution is -2.48. The number of hydrogen-bond donors (Lipinski definition) is 0. The number of nitrogens with zero attached hydrogens (tertiary/aromatic N) is 2. The van der Waals surface area contributed by atoms with E-state index in [-0.39, 0.29) is 23.0 Å². The number of sulfonamides is 1. The summed E-state index contributed by atoms with van der Waals surface area (Å²) in [6, 6.07) is 11.3. The van der Waals surface area contributed by atoms with Gasteiger partial charge in [0.1, 0.15) is 0 Å². The summed E-state index contributed by atoms with van der Waals surface area (Å²) in [4.78, 5) is 27.2. The van der Waals surface area contributed by atoms with Gasteiger partial charge >= 0.3 is 5.97 Å². The number of esters is 1. The number of amides is 1. The lowest BCUT2D eigenvalue weighted by Gasteiger charge is -2.34. The summed E-state index contributed by atoms with van der Waals surface area (Å²) < 4.78 is 38.1. The minimum atomic E-state index is -3.68. The van der Waals surface area contributed by atoms with Gasteiger partial charge in [-0.05, 0) is 68.7 Å². The van der Waals surface area contributed by atoms with Crippen LogP contribution in [-0.4, -0.2) is 63.6 Å². The zero-order valence-corrected chi connectivity index (χ0v) is 19.8. The first kappa shape index (κ1) is 23.4. The highest BCUT2D eigenvalue weighted by molar-refractivity contribution is 7.89. The van der Waals surface area contributed by atoms with Crippen molar-refractivity contribution in [3.8, 4) is 0 Å². The van der Waals surface area contributed by atoms with Gasteiger partial charge in [0.15, 0.2) is 0 Å². The Morgan fingerprint density at radius 2 is 1.70 bits per heavy atom. The molecule has 2 aliphatic rings. The second-order valence-corrected chi connectivity index (χ2v) is 10.4. The molecule has 0 bridgehead atoms. The first-order valence-corrected chi connectivity index (χ1v) is 12.4. The fourth-order valence-electron chi connectivity index (χ4n) is 4.54. The summed E-state index contributed by atoms with van der Waals surface area (Å²) in [7, 11) is -2.35. The Morgan fingerprint density at radius 1 is 1.03 bits per heavy atom. The molecule has 0 aliphatic carbocycles. The smallest absolute Gasteiger partial charge is 0.338 e. The van der Waals surface area contributed by atoms with Crippen molar-refractivity contribution in [2.45, 2.75) is 43.8 Å². The van der Waals surface area contributed by atoms with E-state index >= 15 is 0 Å². The van der Waals surface area contributed by atoms with E-state index in [4.69, 9.17) is 9.47 Å². The largest absolute Gasteiger partial charge is 0.465 e. The van der Waals surface area contributed by atoms with Crippen LogP contribution in [0.1, 0.15) is 46.5 Å². The standard InChI is InChI=1S/C24H28N2O6S/c1-16-14-25(15-17(2)32-16)33(29,30)19-11-9-18(10-12-19)23(27)26-13-5-7-20-21(24(28)31-3)6-4-8-22(20)26/h4,6,8-12,16-17H,5,7,13-15H2,1-3H3/t16-,17-/m0/s1. The van der Waals surface area contributed by atoms with Gasteiger partial charge in [0.25, 0.3) is 5.91 Å². The van der Waals surface area contributed by atoms with Crippen LogP contribution in [0.5, 0.6) is 0 Å². The van der Waals surface area contributed by atoms with Crippen molar-refractivity contribution in [1.82, 2.24) is 4.31 Å². The zero-order chi connectivity index (χ0) is 23.8. The number of benzene rings is 2. The monoisotopic (exact) mass is 472 g/mol. The van der Waals surface area contributed by atoms with Gasteiger partial charge in [0.2, 0.25) is 10.0 Å². The van der Waals surface area contributed by atoms with Crippen molar-refractivity contribution in [3.05, 3.63) is 59.2 Å². The average Bonchev–Trinajstić information content (AvgIpc) is 2.81. The van der Waals surface area contributed by atoms with E-state index in [9.17, 15) is 18.0 Å². The maximum Gasteiger partial charge on any atom is 0.338 e. The fourth-order valence-corrected chi connectivity index (χ4v) is 6.13. The molecule has 0 N–H and O–H groups in total. The van der Waals surface area contributed by atoms with Crippen molar-refractivity contribution >= 4 is 27.6 Å². The van der Waals surface area contributed by atoms with Crippen molar-refractivity contribution in [2.24, 2.45) is 0 Å². The molecule has 8 nitrogen and oxygen atoms in total. The lowest BCUT2D eigenvalue weighted by atomic mass is 9.95. The van der Waals surface area contributed by atoms with E-state index in [0.29, 0.717) is 49.3 Å². The van der Waals surface area contributed by atoms with Crippen LogP contribution in [0.4, 0.5) is 5.69 Å². The molecule has 0 unspecified atom stereocenters. The molecular weight excluding hydrogens is 444 g/mol. The topological polar surface area (TPSA) is 93.2 Å². The van der Waals surface area contributed by atoms with Crippen LogP contribution < -0.4 is 4.90 Å². The molecule has 33 heavy (non-hydrogen) atoms. The van der Waals surface area contributed by atoms with Crippen LogP contribution in [0.3, 0.4) is 0 Å². The Morgan fingerprint density at radius 3 is 2.33 bits per heavy atom. The van der Waals surface area contributed by atoms with Gasteiger partial charge in [-0.25, -0.2) is 13.2 Å².